The monoisotopic (exact) mass is 239 g/mol. The van der Waals surface area contributed by atoms with Gasteiger partial charge in [-0.05, 0) is 31.0 Å². The summed E-state index contributed by atoms with van der Waals surface area (Å²) in [6, 6.07) is 5.85. The summed E-state index contributed by atoms with van der Waals surface area (Å²) < 4.78 is 10.9. The average Bonchev–Trinajstić information content (AvgIpc) is 2.29. The van der Waals surface area contributed by atoms with Gasteiger partial charge in [-0.3, -0.25) is 0 Å². The highest BCUT2D eigenvalue weighted by Crippen LogP contribution is 2.29. The number of hydrogen-bond donors (Lipinski definition) is 1. The molecule has 0 heterocycles. The molecule has 0 fully saturated rings. The largest absolute Gasteiger partial charge is 0.493 e. The van der Waals surface area contributed by atoms with E-state index in [1.165, 1.54) is 5.56 Å². The molecule has 1 aromatic rings. The number of ether oxygens (including phenoxy) is 2. The first kappa shape index (κ1) is 12.8. The molecule has 0 radical (unpaired) electrons. The van der Waals surface area contributed by atoms with E-state index in [-0.39, 0.29) is 6.10 Å². The van der Waals surface area contributed by atoms with Gasteiger partial charge in [-0.2, -0.15) is 0 Å². The summed E-state index contributed by atoms with van der Waals surface area (Å²) in [5, 5.41) is 0. The third-order valence-electron chi connectivity index (χ3n) is 2.34. The lowest BCUT2D eigenvalue weighted by Gasteiger charge is -2.16. The normalized spacial score (nSPS) is 11.9. The molecule has 1 rings (SSSR count). The summed E-state index contributed by atoms with van der Waals surface area (Å²) in [7, 11) is 1.62. The molecule has 0 aliphatic carbocycles. The first-order valence-corrected chi connectivity index (χ1v) is 5.62. The van der Waals surface area contributed by atoms with Crippen LogP contribution in [0.3, 0.4) is 0 Å². The number of rotatable bonds is 5. The summed E-state index contributed by atoms with van der Waals surface area (Å²) >= 11 is 4.86. The summed E-state index contributed by atoms with van der Waals surface area (Å²) in [6.07, 6.45) is 0.665. The highest BCUT2D eigenvalue weighted by atomic mass is 32.1. The Labute approximate surface area is 102 Å². The van der Waals surface area contributed by atoms with E-state index in [1.807, 2.05) is 25.1 Å². The number of methoxy groups -OCH3 is 1. The summed E-state index contributed by atoms with van der Waals surface area (Å²) in [5.74, 6) is 1.38. The molecule has 4 heteroatoms. The Balaban J connectivity index is 2.91. The minimum atomic E-state index is -0.295. The van der Waals surface area contributed by atoms with Crippen LogP contribution in [-0.4, -0.2) is 18.2 Å². The fourth-order valence-electron chi connectivity index (χ4n) is 1.28. The maximum absolute atomic E-state index is 5.61. The number of thiocarbonyl (C=S) groups is 1. The Morgan fingerprint density at radius 3 is 2.62 bits per heavy atom. The number of aryl methyl sites for hydroxylation is 1. The van der Waals surface area contributed by atoms with Crippen molar-refractivity contribution in [2.24, 2.45) is 5.73 Å². The second-order valence-electron chi connectivity index (χ2n) is 3.50. The Morgan fingerprint density at radius 1 is 1.44 bits per heavy atom. The summed E-state index contributed by atoms with van der Waals surface area (Å²) in [4.78, 5) is 0.335. The Morgan fingerprint density at radius 2 is 2.12 bits per heavy atom. The molecule has 3 nitrogen and oxygen atoms in total. The van der Waals surface area contributed by atoms with Gasteiger partial charge >= 0.3 is 0 Å². The fourth-order valence-corrected chi connectivity index (χ4v) is 1.33. The van der Waals surface area contributed by atoms with Crippen LogP contribution in [0.1, 0.15) is 19.4 Å². The van der Waals surface area contributed by atoms with E-state index in [0.717, 1.165) is 6.42 Å². The molecule has 0 aromatic heterocycles. The quantitative estimate of drug-likeness (QED) is 0.801. The molecule has 0 aliphatic rings. The predicted octanol–water partition coefficient (Wildman–Crippen LogP) is 2.31. The van der Waals surface area contributed by atoms with E-state index in [9.17, 15) is 0 Å². The molecule has 1 atom stereocenters. The zero-order chi connectivity index (χ0) is 12.1. The van der Waals surface area contributed by atoms with Gasteiger partial charge < -0.3 is 15.2 Å². The molecular weight excluding hydrogens is 222 g/mol. The lowest BCUT2D eigenvalue weighted by atomic mass is 10.1. The van der Waals surface area contributed by atoms with Gasteiger partial charge in [-0.15, -0.1) is 0 Å². The zero-order valence-corrected chi connectivity index (χ0v) is 10.6. The van der Waals surface area contributed by atoms with Crippen molar-refractivity contribution in [1.82, 2.24) is 0 Å². The first-order valence-electron chi connectivity index (χ1n) is 5.21. The average molecular weight is 239 g/mol. The van der Waals surface area contributed by atoms with Gasteiger partial charge in [0, 0.05) is 0 Å². The Hall–Kier alpha value is -1.29. The number of benzene rings is 1. The van der Waals surface area contributed by atoms with E-state index >= 15 is 0 Å². The van der Waals surface area contributed by atoms with Crippen molar-refractivity contribution in [3.8, 4) is 11.5 Å². The number of nitrogens with two attached hydrogens (primary N) is 1. The molecular formula is C12H17NO2S. The summed E-state index contributed by atoms with van der Waals surface area (Å²) in [5.41, 5.74) is 6.70. The highest BCUT2D eigenvalue weighted by Gasteiger charge is 2.11. The van der Waals surface area contributed by atoms with Gasteiger partial charge in [0.1, 0.15) is 11.1 Å². The highest BCUT2D eigenvalue weighted by molar-refractivity contribution is 7.80. The van der Waals surface area contributed by atoms with Crippen LogP contribution in [0.2, 0.25) is 0 Å². The van der Waals surface area contributed by atoms with E-state index in [1.54, 1.807) is 7.11 Å². The molecule has 0 bridgehead atoms. The lowest BCUT2D eigenvalue weighted by molar-refractivity contribution is 0.270. The number of hydrogen-bond acceptors (Lipinski definition) is 3. The fraction of sp³-hybridized carbons (Fsp3) is 0.417. The molecule has 16 heavy (non-hydrogen) atoms. The van der Waals surface area contributed by atoms with Crippen LogP contribution < -0.4 is 15.2 Å². The van der Waals surface area contributed by atoms with Crippen molar-refractivity contribution in [2.45, 2.75) is 26.4 Å². The van der Waals surface area contributed by atoms with Crippen molar-refractivity contribution >= 4 is 17.2 Å². The van der Waals surface area contributed by atoms with Crippen molar-refractivity contribution < 1.29 is 9.47 Å². The van der Waals surface area contributed by atoms with E-state index in [2.05, 4.69) is 6.92 Å². The minimum absolute atomic E-state index is 0.295. The van der Waals surface area contributed by atoms with Crippen LogP contribution in [0.5, 0.6) is 11.5 Å². The Bertz CT molecular complexity index is 379. The third kappa shape index (κ3) is 3.10. The molecule has 0 saturated carbocycles. The van der Waals surface area contributed by atoms with Crippen LogP contribution in [0, 0.1) is 0 Å². The zero-order valence-electron chi connectivity index (χ0n) is 9.82. The van der Waals surface area contributed by atoms with E-state index in [4.69, 9.17) is 27.4 Å². The maximum atomic E-state index is 5.61. The maximum Gasteiger partial charge on any atom is 0.162 e. The minimum Gasteiger partial charge on any atom is -0.493 e. The standard InChI is InChI=1S/C12H17NO2S/c1-4-9-5-6-10(11(7-9)14-3)15-8(2)12(13)16/h5-8H,4H2,1-3H3,(H2,13,16). The van der Waals surface area contributed by atoms with Gasteiger partial charge in [0.15, 0.2) is 11.5 Å². The molecule has 0 aliphatic heterocycles. The van der Waals surface area contributed by atoms with Crippen molar-refractivity contribution in [3.05, 3.63) is 23.8 Å². The second kappa shape index (κ2) is 5.70. The summed E-state index contributed by atoms with van der Waals surface area (Å²) in [6.45, 7) is 3.91. The van der Waals surface area contributed by atoms with E-state index < -0.39 is 0 Å². The molecule has 2 N–H and O–H groups in total. The van der Waals surface area contributed by atoms with Crippen LogP contribution in [-0.2, 0) is 6.42 Å². The SMILES string of the molecule is CCc1ccc(OC(C)C(N)=S)c(OC)c1. The topological polar surface area (TPSA) is 44.5 Å². The molecule has 88 valence electrons. The van der Waals surface area contributed by atoms with Crippen molar-refractivity contribution in [2.75, 3.05) is 7.11 Å². The first-order chi connectivity index (χ1) is 7.58. The molecule has 1 unspecified atom stereocenters. The van der Waals surface area contributed by atoms with Crippen LogP contribution in [0.4, 0.5) is 0 Å². The van der Waals surface area contributed by atoms with Gasteiger partial charge in [-0.25, -0.2) is 0 Å². The van der Waals surface area contributed by atoms with Crippen LogP contribution >= 0.6 is 12.2 Å². The van der Waals surface area contributed by atoms with E-state index in [0.29, 0.717) is 16.5 Å². The van der Waals surface area contributed by atoms with Gasteiger partial charge in [-0.1, -0.05) is 25.2 Å². The molecule has 1 aromatic carbocycles. The van der Waals surface area contributed by atoms with Gasteiger partial charge in [0.2, 0.25) is 0 Å². The second-order valence-corrected chi connectivity index (χ2v) is 3.97. The molecule has 0 amide bonds. The van der Waals surface area contributed by atoms with Gasteiger partial charge in [0.25, 0.3) is 0 Å². The molecule has 0 saturated heterocycles. The van der Waals surface area contributed by atoms with Gasteiger partial charge in [0.05, 0.1) is 7.11 Å². The molecule has 0 spiro atoms. The lowest BCUT2D eigenvalue weighted by Crippen LogP contribution is -2.29. The smallest absolute Gasteiger partial charge is 0.162 e. The van der Waals surface area contributed by atoms with Crippen LogP contribution in [0.25, 0.3) is 0 Å². The van der Waals surface area contributed by atoms with Crippen molar-refractivity contribution in [1.29, 1.82) is 0 Å². The predicted molar refractivity (Wildman–Crippen MR) is 69.2 cm³/mol. The van der Waals surface area contributed by atoms with Crippen molar-refractivity contribution in [3.63, 3.8) is 0 Å². The Kier molecular flexibility index (Phi) is 4.55. The third-order valence-corrected chi connectivity index (χ3v) is 2.67. The van der Waals surface area contributed by atoms with Crippen LogP contribution in [0.15, 0.2) is 18.2 Å².